The Balaban J connectivity index is 2.97. The van der Waals surface area contributed by atoms with Crippen LogP contribution in [0.1, 0.15) is 34.1 Å². The molecule has 1 aliphatic rings. The fourth-order valence-corrected chi connectivity index (χ4v) is 4.07. The van der Waals surface area contributed by atoms with Gasteiger partial charge in [0, 0.05) is 6.42 Å². The Morgan fingerprint density at radius 2 is 1.93 bits per heavy atom. The molecule has 1 aliphatic carbocycles. The molecule has 0 spiro atoms. The molecule has 0 heterocycles. The van der Waals surface area contributed by atoms with Gasteiger partial charge in [-0.05, 0) is 24.4 Å². The van der Waals surface area contributed by atoms with Crippen molar-refractivity contribution in [3.63, 3.8) is 0 Å². The molecule has 0 saturated heterocycles. The van der Waals surface area contributed by atoms with Gasteiger partial charge in [-0.3, -0.25) is 4.79 Å². The lowest BCUT2D eigenvalue weighted by Gasteiger charge is -2.55. The summed E-state index contributed by atoms with van der Waals surface area (Å²) in [5.74, 6) is 0.684. The van der Waals surface area contributed by atoms with E-state index < -0.39 is 14.6 Å². The van der Waals surface area contributed by atoms with Crippen molar-refractivity contribution in [1.82, 2.24) is 0 Å². The highest BCUT2D eigenvalue weighted by atomic mass is 28.3. The van der Waals surface area contributed by atoms with Gasteiger partial charge in [-0.2, -0.15) is 0 Å². The Morgan fingerprint density at radius 3 is 2.07 bits per heavy atom. The van der Waals surface area contributed by atoms with E-state index >= 15 is 0 Å². The van der Waals surface area contributed by atoms with Crippen LogP contribution in [-0.2, 0) is 9.22 Å². The number of hydrogen-bond donors (Lipinski definition) is 0. The quantitative estimate of drug-likeness (QED) is 0.660. The van der Waals surface area contributed by atoms with E-state index in [4.69, 9.17) is 4.43 Å². The standard InChI is InChI=1S/C11H22O2Si/c1-8-7-9(12)11(8,10(2,3)4)13-14(5)6/h8,14H,7H2,1-6H3. The van der Waals surface area contributed by atoms with Gasteiger partial charge in [-0.15, -0.1) is 0 Å². The van der Waals surface area contributed by atoms with Crippen LogP contribution in [0.25, 0.3) is 0 Å². The first-order valence-electron chi connectivity index (χ1n) is 5.43. The van der Waals surface area contributed by atoms with Crippen LogP contribution in [0.5, 0.6) is 0 Å². The Kier molecular flexibility index (Phi) is 2.94. The van der Waals surface area contributed by atoms with Crippen molar-refractivity contribution in [2.75, 3.05) is 0 Å². The molecular weight excluding hydrogens is 192 g/mol. The molecule has 3 heteroatoms. The first-order valence-corrected chi connectivity index (χ1v) is 8.21. The molecule has 2 unspecified atom stereocenters. The third-order valence-electron chi connectivity index (χ3n) is 3.14. The van der Waals surface area contributed by atoms with E-state index in [1.165, 1.54) is 0 Å². The van der Waals surface area contributed by atoms with E-state index in [0.29, 0.717) is 18.1 Å². The molecule has 0 N–H and O–H groups in total. The smallest absolute Gasteiger partial charge is 0.172 e. The summed E-state index contributed by atoms with van der Waals surface area (Å²) in [6.45, 7) is 12.7. The van der Waals surface area contributed by atoms with Crippen molar-refractivity contribution in [3.05, 3.63) is 0 Å². The van der Waals surface area contributed by atoms with Crippen LogP contribution in [0.3, 0.4) is 0 Å². The maximum absolute atomic E-state index is 11.8. The van der Waals surface area contributed by atoms with Gasteiger partial charge in [0.1, 0.15) is 5.60 Å². The first-order chi connectivity index (χ1) is 6.22. The zero-order valence-corrected chi connectivity index (χ0v) is 11.3. The van der Waals surface area contributed by atoms with Crippen molar-refractivity contribution in [2.24, 2.45) is 11.3 Å². The van der Waals surface area contributed by atoms with E-state index in [9.17, 15) is 4.79 Å². The fourth-order valence-electron chi connectivity index (χ4n) is 2.61. The second kappa shape index (κ2) is 3.45. The van der Waals surface area contributed by atoms with Gasteiger partial charge in [0.25, 0.3) is 0 Å². The van der Waals surface area contributed by atoms with Crippen LogP contribution < -0.4 is 0 Å². The molecule has 2 atom stereocenters. The van der Waals surface area contributed by atoms with Gasteiger partial charge in [0.2, 0.25) is 0 Å². The average molecular weight is 214 g/mol. The predicted octanol–water partition coefficient (Wildman–Crippen LogP) is 2.38. The number of Topliss-reactive ketones (excluding diaryl/α,β-unsaturated/α-hetero) is 1. The van der Waals surface area contributed by atoms with Crippen LogP contribution in [-0.4, -0.2) is 20.4 Å². The lowest BCUT2D eigenvalue weighted by molar-refractivity contribution is -0.175. The highest BCUT2D eigenvalue weighted by molar-refractivity contribution is 6.49. The maximum Gasteiger partial charge on any atom is 0.172 e. The molecule has 2 nitrogen and oxygen atoms in total. The lowest BCUT2D eigenvalue weighted by atomic mass is 9.57. The molecule has 82 valence electrons. The van der Waals surface area contributed by atoms with Gasteiger partial charge in [-0.1, -0.05) is 27.7 Å². The summed E-state index contributed by atoms with van der Waals surface area (Å²) in [6, 6.07) is 0. The number of hydrogen-bond acceptors (Lipinski definition) is 2. The van der Waals surface area contributed by atoms with Crippen LogP contribution in [0.15, 0.2) is 0 Å². The van der Waals surface area contributed by atoms with Crippen molar-refractivity contribution in [1.29, 1.82) is 0 Å². The molecule has 0 aliphatic heterocycles. The summed E-state index contributed by atoms with van der Waals surface area (Å²) in [5.41, 5.74) is -0.549. The largest absolute Gasteiger partial charge is 0.407 e. The topological polar surface area (TPSA) is 26.3 Å². The third-order valence-corrected chi connectivity index (χ3v) is 3.98. The van der Waals surface area contributed by atoms with Gasteiger partial charge >= 0.3 is 0 Å². The maximum atomic E-state index is 11.8. The Labute approximate surface area is 88.8 Å². The van der Waals surface area contributed by atoms with Gasteiger partial charge < -0.3 is 4.43 Å². The highest BCUT2D eigenvalue weighted by Crippen LogP contribution is 2.50. The van der Waals surface area contributed by atoms with Crippen molar-refractivity contribution in [2.45, 2.75) is 52.8 Å². The second-order valence-corrected chi connectivity index (χ2v) is 8.01. The van der Waals surface area contributed by atoms with Crippen LogP contribution in [0.4, 0.5) is 0 Å². The molecule has 0 aromatic carbocycles. The monoisotopic (exact) mass is 214 g/mol. The predicted molar refractivity (Wildman–Crippen MR) is 60.9 cm³/mol. The van der Waals surface area contributed by atoms with E-state index in [1.807, 2.05) is 0 Å². The average Bonchev–Trinajstić information content (AvgIpc) is 1.97. The van der Waals surface area contributed by atoms with Gasteiger partial charge in [0.15, 0.2) is 14.8 Å². The molecule has 14 heavy (non-hydrogen) atoms. The zero-order chi connectivity index (χ0) is 11.1. The molecule has 0 amide bonds. The molecule has 1 fully saturated rings. The lowest BCUT2D eigenvalue weighted by Crippen LogP contribution is -2.66. The van der Waals surface area contributed by atoms with Gasteiger partial charge in [0.05, 0.1) is 0 Å². The summed E-state index contributed by atoms with van der Waals surface area (Å²) in [5, 5.41) is 0. The van der Waals surface area contributed by atoms with E-state index in [-0.39, 0.29) is 5.41 Å². The molecule has 1 saturated carbocycles. The Bertz CT molecular complexity index is 242. The fraction of sp³-hybridized carbons (Fsp3) is 0.909. The zero-order valence-electron chi connectivity index (χ0n) is 10.2. The summed E-state index contributed by atoms with van der Waals surface area (Å²) >= 11 is 0. The molecule has 0 bridgehead atoms. The molecule has 0 radical (unpaired) electrons. The molecule has 0 aromatic heterocycles. The molecular formula is C11H22O2Si. The third kappa shape index (κ3) is 1.56. The number of ketones is 1. The van der Waals surface area contributed by atoms with E-state index in [1.54, 1.807) is 0 Å². The SMILES string of the molecule is CC1CC(=O)C1(O[SiH](C)C)C(C)(C)C. The number of carbonyl (C=O) groups is 1. The minimum absolute atomic E-state index is 0.0704. The molecule has 0 aromatic rings. The van der Waals surface area contributed by atoms with E-state index in [0.717, 1.165) is 0 Å². The second-order valence-electron chi connectivity index (χ2n) is 5.68. The summed E-state index contributed by atoms with van der Waals surface area (Å²) in [7, 11) is -1.16. The molecule has 1 rings (SSSR count). The normalized spacial score (nSPS) is 33.4. The first kappa shape index (κ1) is 11.9. The van der Waals surface area contributed by atoms with Crippen LogP contribution in [0, 0.1) is 11.3 Å². The highest BCUT2D eigenvalue weighted by Gasteiger charge is 2.60. The van der Waals surface area contributed by atoms with E-state index in [2.05, 4.69) is 40.8 Å². The van der Waals surface area contributed by atoms with Gasteiger partial charge in [-0.25, -0.2) is 0 Å². The number of rotatable bonds is 2. The van der Waals surface area contributed by atoms with Crippen molar-refractivity contribution >= 4 is 14.8 Å². The summed E-state index contributed by atoms with van der Waals surface area (Å²) in [6.07, 6.45) is 0.693. The minimum Gasteiger partial charge on any atom is -0.407 e. The summed E-state index contributed by atoms with van der Waals surface area (Å²) < 4.78 is 6.05. The Hall–Kier alpha value is -0.153. The van der Waals surface area contributed by atoms with Crippen molar-refractivity contribution in [3.8, 4) is 0 Å². The number of carbonyl (C=O) groups excluding carboxylic acids is 1. The Morgan fingerprint density at radius 1 is 1.43 bits per heavy atom. The minimum atomic E-state index is -1.16. The van der Waals surface area contributed by atoms with Crippen molar-refractivity contribution < 1.29 is 9.22 Å². The van der Waals surface area contributed by atoms with Crippen LogP contribution in [0.2, 0.25) is 13.1 Å². The van der Waals surface area contributed by atoms with Crippen LogP contribution >= 0.6 is 0 Å². The summed E-state index contributed by atoms with van der Waals surface area (Å²) in [4.78, 5) is 11.8.